The molecule has 0 spiro atoms. The second kappa shape index (κ2) is 3.94. The largest absolute Gasteiger partial charge is 0.481 e. The molecule has 2 aromatic heterocycles. The number of carboxylic acid groups (broad SMARTS) is 1. The van der Waals surface area contributed by atoms with E-state index in [0.29, 0.717) is 31.0 Å². The number of rotatable bonds is 2. The van der Waals surface area contributed by atoms with E-state index in [1.165, 1.54) is 0 Å². The molecule has 1 saturated heterocycles. The lowest BCUT2D eigenvalue weighted by molar-refractivity contribution is -0.140. The molecule has 7 nitrogen and oxygen atoms in total. The molecule has 2 aromatic rings. The van der Waals surface area contributed by atoms with Crippen LogP contribution in [0.5, 0.6) is 0 Å². The van der Waals surface area contributed by atoms with E-state index >= 15 is 0 Å². The van der Waals surface area contributed by atoms with Gasteiger partial charge in [0, 0.05) is 25.5 Å². The maximum absolute atomic E-state index is 11.0. The number of fused-ring (bicyclic) bond motifs is 1. The van der Waals surface area contributed by atoms with Gasteiger partial charge in [-0.05, 0) is 13.3 Å². The molecular formula is C11H13N5O2. The van der Waals surface area contributed by atoms with Crippen LogP contribution in [0.25, 0.3) is 5.65 Å². The van der Waals surface area contributed by atoms with Gasteiger partial charge in [-0.1, -0.05) is 0 Å². The molecule has 1 unspecified atom stereocenters. The topological polar surface area (TPSA) is 83.6 Å². The van der Waals surface area contributed by atoms with E-state index in [9.17, 15) is 4.79 Å². The summed E-state index contributed by atoms with van der Waals surface area (Å²) in [6.07, 6.45) is 4.14. The maximum atomic E-state index is 11.0. The third-order valence-electron chi connectivity index (χ3n) is 3.32. The summed E-state index contributed by atoms with van der Waals surface area (Å²) in [5.74, 6) is 0.433. The molecular weight excluding hydrogens is 234 g/mol. The van der Waals surface area contributed by atoms with E-state index in [-0.39, 0.29) is 5.92 Å². The number of aryl methyl sites for hydroxylation is 1. The fourth-order valence-electron chi connectivity index (χ4n) is 2.31. The SMILES string of the molecule is Cc1nnc2c(N3CCC(C(=O)O)C3)nccn12. The van der Waals surface area contributed by atoms with E-state index in [1.54, 1.807) is 12.4 Å². The summed E-state index contributed by atoms with van der Waals surface area (Å²) < 4.78 is 1.86. The second-order valence-electron chi connectivity index (χ2n) is 4.46. The standard InChI is InChI=1S/C11H13N5O2/c1-7-13-14-10-9(12-3-5-16(7)10)15-4-2-8(6-15)11(17)18/h3,5,8H,2,4,6H2,1H3,(H,17,18). The minimum Gasteiger partial charge on any atom is -0.481 e. The maximum Gasteiger partial charge on any atom is 0.308 e. The van der Waals surface area contributed by atoms with Crippen LogP contribution in [0.1, 0.15) is 12.2 Å². The van der Waals surface area contributed by atoms with Crippen molar-refractivity contribution in [1.82, 2.24) is 19.6 Å². The van der Waals surface area contributed by atoms with Gasteiger partial charge in [-0.25, -0.2) is 4.98 Å². The average molecular weight is 247 g/mol. The first-order valence-corrected chi connectivity index (χ1v) is 5.81. The quantitative estimate of drug-likeness (QED) is 0.824. The molecule has 0 bridgehead atoms. The van der Waals surface area contributed by atoms with Crippen LogP contribution in [0.3, 0.4) is 0 Å². The Balaban J connectivity index is 1.98. The van der Waals surface area contributed by atoms with Crippen molar-refractivity contribution in [3.63, 3.8) is 0 Å². The molecule has 0 aromatic carbocycles. The molecule has 3 heterocycles. The highest BCUT2D eigenvalue weighted by Gasteiger charge is 2.30. The summed E-state index contributed by atoms with van der Waals surface area (Å²) in [5, 5.41) is 17.1. The predicted molar refractivity (Wildman–Crippen MR) is 63.5 cm³/mol. The van der Waals surface area contributed by atoms with Gasteiger partial charge in [0.2, 0.25) is 5.65 Å². The molecule has 3 rings (SSSR count). The molecule has 18 heavy (non-hydrogen) atoms. The highest BCUT2D eigenvalue weighted by molar-refractivity contribution is 5.73. The number of carboxylic acids is 1. The summed E-state index contributed by atoms with van der Waals surface area (Å²) in [4.78, 5) is 17.2. The van der Waals surface area contributed by atoms with Gasteiger partial charge in [0.05, 0.1) is 5.92 Å². The first-order valence-electron chi connectivity index (χ1n) is 5.81. The van der Waals surface area contributed by atoms with Gasteiger partial charge in [0.15, 0.2) is 5.82 Å². The molecule has 0 saturated carbocycles. The zero-order chi connectivity index (χ0) is 12.7. The monoisotopic (exact) mass is 247 g/mol. The van der Waals surface area contributed by atoms with Gasteiger partial charge < -0.3 is 10.0 Å². The zero-order valence-electron chi connectivity index (χ0n) is 9.94. The summed E-state index contributed by atoms with van der Waals surface area (Å²) in [6.45, 7) is 3.04. The van der Waals surface area contributed by atoms with Crippen molar-refractivity contribution < 1.29 is 9.90 Å². The highest BCUT2D eigenvalue weighted by atomic mass is 16.4. The normalized spacial score (nSPS) is 19.6. The fourth-order valence-corrected chi connectivity index (χ4v) is 2.31. The van der Waals surface area contributed by atoms with Crippen molar-refractivity contribution in [2.24, 2.45) is 5.92 Å². The number of carbonyl (C=O) groups is 1. The van der Waals surface area contributed by atoms with Crippen molar-refractivity contribution in [3.05, 3.63) is 18.2 Å². The molecule has 7 heteroatoms. The van der Waals surface area contributed by atoms with Crippen LogP contribution in [0.15, 0.2) is 12.4 Å². The van der Waals surface area contributed by atoms with E-state index in [0.717, 1.165) is 5.82 Å². The van der Waals surface area contributed by atoms with Gasteiger partial charge in [-0.2, -0.15) is 0 Å². The molecule has 1 fully saturated rings. The third-order valence-corrected chi connectivity index (χ3v) is 3.32. The van der Waals surface area contributed by atoms with Gasteiger partial charge in [0.25, 0.3) is 0 Å². The lowest BCUT2D eigenvalue weighted by atomic mass is 10.1. The lowest BCUT2D eigenvalue weighted by Gasteiger charge is -2.16. The van der Waals surface area contributed by atoms with Gasteiger partial charge in [0.1, 0.15) is 5.82 Å². The predicted octanol–water partition coefficient (Wildman–Crippen LogP) is 0.344. The van der Waals surface area contributed by atoms with Crippen molar-refractivity contribution in [2.75, 3.05) is 18.0 Å². The minimum absolute atomic E-state index is 0.323. The summed E-state index contributed by atoms with van der Waals surface area (Å²) >= 11 is 0. The van der Waals surface area contributed by atoms with Gasteiger partial charge >= 0.3 is 5.97 Å². The Labute approximate surface area is 103 Å². The Kier molecular flexibility index (Phi) is 2.39. The molecule has 1 aliphatic rings. The highest BCUT2D eigenvalue weighted by Crippen LogP contribution is 2.25. The summed E-state index contributed by atoms with van der Waals surface area (Å²) in [6, 6.07) is 0. The van der Waals surface area contributed by atoms with Gasteiger partial charge in [-0.3, -0.25) is 9.20 Å². The Morgan fingerprint density at radius 3 is 3.06 bits per heavy atom. The molecule has 0 aliphatic carbocycles. The molecule has 94 valence electrons. The first-order chi connectivity index (χ1) is 8.66. The van der Waals surface area contributed by atoms with Crippen LogP contribution in [-0.4, -0.2) is 43.7 Å². The van der Waals surface area contributed by atoms with E-state index in [2.05, 4.69) is 15.2 Å². The molecule has 1 aliphatic heterocycles. The van der Waals surface area contributed by atoms with Crippen LogP contribution >= 0.6 is 0 Å². The fraction of sp³-hybridized carbons (Fsp3) is 0.455. The third kappa shape index (κ3) is 1.59. The average Bonchev–Trinajstić information content (AvgIpc) is 2.97. The summed E-state index contributed by atoms with van der Waals surface area (Å²) in [5.41, 5.74) is 0.682. The second-order valence-corrected chi connectivity index (χ2v) is 4.46. The molecule has 0 amide bonds. The molecule has 0 radical (unpaired) electrons. The van der Waals surface area contributed by atoms with Crippen molar-refractivity contribution >= 4 is 17.4 Å². The smallest absolute Gasteiger partial charge is 0.308 e. The van der Waals surface area contributed by atoms with E-state index in [4.69, 9.17) is 5.11 Å². The van der Waals surface area contributed by atoms with Crippen molar-refractivity contribution in [3.8, 4) is 0 Å². The van der Waals surface area contributed by atoms with Crippen molar-refractivity contribution in [1.29, 1.82) is 0 Å². The Bertz CT molecular complexity index is 608. The first kappa shape index (κ1) is 10.9. The van der Waals surface area contributed by atoms with E-state index < -0.39 is 5.97 Å². The van der Waals surface area contributed by atoms with Crippen LogP contribution in [0, 0.1) is 12.8 Å². The number of anilines is 1. The zero-order valence-corrected chi connectivity index (χ0v) is 9.94. The Morgan fingerprint density at radius 2 is 2.33 bits per heavy atom. The van der Waals surface area contributed by atoms with E-state index in [1.807, 2.05) is 16.2 Å². The molecule has 1 N–H and O–H groups in total. The van der Waals surface area contributed by atoms with Crippen LogP contribution < -0.4 is 4.90 Å². The van der Waals surface area contributed by atoms with Crippen LogP contribution in [-0.2, 0) is 4.79 Å². The minimum atomic E-state index is -0.748. The summed E-state index contributed by atoms with van der Waals surface area (Å²) in [7, 11) is 0. The Morgan fingerprint density at radius 1 is 1.50 bits per heavy atom. The number of nitrogens with zero attached hydrogens (tertiary/aromatic N) is 5. The number of hydrogen-bond donors (Lipinski definition) is 1. The van der Waals surface area contributed by atoms with Crippen LogP contribution in [0.4, 0.5) is 5.82 Å². The number of aliphatic carboxylic acids is 1. The number of hydrogen-bond acceptors (Lipinski definition) is 5. The van der Waals surface area contributed by atoms with Crippen molar-refractivity contribution in [2.45, 2.75) is 13.3 Å². The number of aromatic nitrogens is 4. The lowest BCUT2D eigenvalue weighted by Crippen LogP contribution is -2.24. The molecule has 1 atom stereocenters. The van der Waals surface area contributed by atoms with Crippen LogP contribution in [0.2, 0.25) is 0 Å². The Hall–Kier alpha value is -2.18. The van der Waals surface area contributed by atoms with Gasteiger partial charge in [-0.15, -0.1) is 10.2 Å².